The number of likely N-dealkylation sites (N-methyl/N-ethyl adjacent to an activating group) is 1. The zero-order valence-electron chi connectivity index (χ0n) is 11.2. The highest BCUT2D eigenvalue weighted by molar-refractivity contribution is 5.70. The molecule has 2 aromatic rings. The lowest BCUT2D eigenvalue weighted by Gasteiger charge is -2.31. The van der Waals surface area contributed by atoms with E-state index in [4.69, 9.17) is 10.3 Å². The Bertz CT molecular complexity index is 607. The van der Waals surface area contributed by atoms with E-state index in [1.54, 1.807) is 0 Å². The normalized spacial score (nSPS) is 16.6. The Morgan fingerprint density at radius 2 is 2.00 bits per heavy atom. The highest BCUT2D eigenvalue weighted by Crippen LogP contribution is 2.26. The number of nitrogens with zero attached hydrogens (tertiary/aromatic N) is 4. The lowest BCUT2D eigenvalue weighted by Crippen LogP contribution is -2.44. The van der Waals surface area contributed by atoms with Crippen LogP contribution in [-0.4, -0.2) is 48.3 Å². The lowest BCUT2D eigenvalue weighted by atomic mass is 10.2. The van der Waals surface area contributed by atoms with Crippen LogP contribution in [0.25, 0.3) is 11.5 Å². The largest absolute Gasteiger partial charge is 0.398 e. The van der Waals surface area contributed by atoms with Crippen molar-refractivity contribution in [3.05, 3.63) is 24.0 Å². The van der Waals surface area contributed by atoms with Crippen LogP contribution in [0.5, 0.6) is 0 Å². The molecule has 1 aromatic carbocycles. The standard InChI is InChI=1S/C13H16FN5O/c1-18-4-6-19(7-5-18)13-16-12(20-17-13)10-8-9(14)2-3-11(10)15/h2-3,8H,4-7,15H2,1H3. The Balaban J connectivity index is 1.85. The second-order valence-corrected chi connectivity index (χ2v) is 4.92. The summed E-state index contributed by atoms with van der Waals surface area (Å²) in [5.41, 5.74) is 6.66. The van der Waals surface area contributed by atoms with Gasteiger partial charge in [0.2, 0.25) is 0 Å². The molecule has 7 heteroatoms. The minimum Gasteiger partial charge on any atom is -0.398 e. The molecular formula is C13H16FN5O. The Kier molecular flexibility index (Phi) is 3.27. The molecule has 0 atom stereocenters. The van der Waals surface area contributed by atoms with E-state index in [0.717, 1.165) is 26.2 Å². The molecule has 2 N–H and O–H groups in total. The second kappa shape index (κ2) is 5.09. The molecule has 0 spiro atoms. The Morgan fingerprint density at radius 3 is 2.75 bits per heavy atom. The number of nitrogen functional groups attached to an aromatic ring is 1. The van der Waals surface area contributed by atoms with Crippen LogP contribution in [0.1, 0.15) is 0 Å². The van der Waals surface area contributed by atoms with Crippen LogP contribution in [0.4, 0.5) is 16.0 Å². The maximum Gasteiger partial charge on any atom is 0.266 e. The Labute approximate surface area is 116 Å². The van der Waals surface area contributed by atoms with E-state index in [1.807, 2.05) is 4.90 Å². The van der Waals surface area contributed by atoms with Gasteiger partial charge in [0.1, 0.15) is 5.82 Å². The SMILES string of the molecule is CN1CCN(c2noc(-c3cc(F)ccc3N)n2)CC1. The van der Waals surface area contributed by atoms with Crippen LogP contribution in [0.3, 0.4) is 0 Å². The number of hydrogen-bond donors (Lipinski definition) is 1. The second-order valence-electron chi connectivity index (χ2n) is 4.92. The van der Waals surface area contributed by atoms with Crippen molar-refractivity contribution < 1.29 is 8.91 Å². The fourth-order valence-corrected chi connectivity index (χ4v) is 2.17. The fraction of sp³-hybridized carbons (Fsp3) is 0.385. The average Bonchev–Trinajstić information content (AvgIpc) is 2.92. The van der Waals surface area contributed by atoms with Crippen LogP contribution in [0.2, 0.25) is 0 Å². The molecule has 1 aliphatic heterocycles. The number of piperazine rings is 1. The quantitative estimate of drug-likeness (QED) is 0.832. The van der Waals surface area contributed by atoms with Crippen molar-refractivity contribution in [2.75, 3.05) is 43.9 Å². The van der Waals surface area contributed by atoms with Gasteiger partial charge in [-0.3, -0.25) is 0 Å². The maximum atomic E-state index is 13.3. The van der Waals surface area contributed by atoms with E-state index < -0.39 is 0 Å². The molecule has 0 radical (unpaired) electrons. The molecule has 0 saturated carbocycles. The summed E-state index contributed by atoms with van der Waals surface area (Å²) < 4.78 is 18.5. The first-order chi connectivity index (χ1) is 9.63. The number of rotatable bonds is 2. The molecule has 3 rings (SSSR count). The molecule has 0 bridgehead atoms. The average molecular weight is 277 g/mol. The van der Waals surface area contributed by atoms with E-state index in [2.05, 4.69) is 22.1 Å². The molecule has 1 fully saturated rings. The number of nitrogens with two attached hydrogens (primary N) is 1. The third-order valence-corrected chi connectivity index (χ3v) is 3.45. The smallest absolute Gasteiger partial charge is 0.266 e. The van der Waals surface area contributed by atoms with Crippen LogP contribution in [0.15, 0.2) is 22.7 Å². The molecule has 0 aliphatic carbocycles. The minimum absolute atomic E-state index is 0.246. The van der Waals surface area contributed by atoms with Crippen molar-refractivity contribution in [2.24, 2.45) is 0 Å². The third kappa shape index (κ3) is 2.44. The number of hydrogen-bond acceptors (Lipinski definition) is 6. The van der Waals surface area contributed by atoms with Gasteiger partial charge in [-0.15, -0.1) is 0 Å². The van der Waals surface area contributed by atoms with Gasteiger partial charge in [0, 0.05) is 31.9 Å². The number of benzene rings is 1. The highest BCUT2D eigenvalue weighted by Gasteiger charge is 2.20. The first-order valence-electron chi connectivity index (χ1n) is 6.46. The molecule has 106 valence electrons. The van der Waals surface area contributed by atoms with Crippen LogP contribution in [-0.2, 0) is 0 Å². The lowest BCUT2D eigenvalue weighted by molar-refractivity contribution is 0.309. The van der Waals surface area contributed by atoms with Gasteiger partial charge in [0.25, 0.3) is 11.8 Å². The van der Waals surface area contributed by atoms with Gasteiger partial charge in [0.15, 0.2) is 0 Å². The van der Waals surface area contributed by atoms with Crippen LogP contribution in [0, 0.1) is 5.82 Å². The van der Waals surface area contributed by atoms with Crippen LogP contribution >= 0.6 is 0 Å². The molecule has 2 heterocycles. The summed E-state index contributed by atoms with van der Waals surface area (Å²) in [7, 11) is 2.08. The maximum absolute atomic E-state index is 13.3. The van der Waals surface area contributed by atoms with Crippen molar-refractivity contribution in [3.8, 4) is 11.5 Å². The van der Waals surface area contributed by atoms with Gasteiger partial charge >= 0.3 is 0 Å². The summed E-state index contributed by atoms with van der Waals surface area (Å²) in [5, 5.41) is 3.96. The first kappa shape index (κ1) is 12.9. The molecule has 1 aliphatic rings. The van der Waals surface area contributed by atoms with Gasteiger partial charge in [0.05, 0.1) is 5.56 Å². The topological polar surface area (TPSA) is 71.4 Å². The number of halogens is 1. The Morgan fingerprint density at radius 1 is 1.25 bits per heavy atom. The van der Waals surface area contributed by atoms with Gasteiger partial charge < -0.3 is 20.1 Å². The molecule has 0 unspecified atom stereocenters. The van der Waals surface area contributed by atoms with E-state index in [1.165, 1.54) is 18.2 Å². The number of aromatic nitrogens is 2. The van der Waals surface area contributed by atoms with Gasteiger partial charge in [-0.2, -0.15) is 4.98 Å². The van der Waals surface area contributed by atoms with E-state index in [0.29, 0.717) is 17.2 Å². The first-order valence-corrected chi connectivity index (χ1v) is 6.46. The predicted octanol–water partition coefficient (Wildman–Crippen LogP) is 1.21. The van der Waals surface area contributed by atoms with Crippen molar-refractivity contribution >= 4 is 11.6 Å². The zero-order valence-corrected chi connectivity index (χ0v) is 11.2. The van der Waals surface area contributed by atoms with E-state index >= 15 is 0 Å². The molecule has 20 heavy (non-hydrogen) atoms. The van der Waals surface area contributed by atoms with Crippen molar-refractivity contribution in [2.45, 2.75) is 0 Å². The van der Waals surface area contributed by atoms with Crippen molar-refractivity contribution in [1.29, 1.82) is 0 Å². The zero-order chi connectivity index (χ0) is 14.1. The molecule has 1 aromatic heterocycles. The summed E-state index contributed by atoms with van der Waals surface area (Å²) in [4.78, 5) is 8.60. The summed E-state index contributed by atoms with van der Waals surface area (Å²) in [5.74, 6) is 0.390. The van der Waals surface area contributed by atoms with Gasteiger partial charge in [-0.05, 0) is 30.4 Å². The molecule has 1 saturated heterocycles. The monoisotopic (exact) mass is 277 g/mol. The van der Waals surface area contributed by atoms with Crippen molar-refractivity contribution in [3.63, 3.8) is 0 Å². The third-order valence-electron chi connectivity index (χ3n) is 3.45. The molecule has 0 amide bonds. The van der Waals surface area contributed by atoms with Gasteiger partial charge in [-0.1, -0.05) is 0 Å². The van der Waals surface area contributed by atoms with E-state index in [9.17, 15) is 4.39 Å². The summed E-state index contributed by atoms with van der Waals surface area (Å²) in [6, 6.07) is 4.09. The summed E-state index contributed by atoms with van der Waals surface area (Å²) >= 11 is 0. The van der Waals surface area contributed by atoms with Crippen molar-refractivity contribution in [1.82, 2.24) is 15.0 Å². The predicted molar refractivity (Wildman–Crippen MR) is 73.8 cm³/mol. The molecule has 6 nitrogen and oxygen atoms in total. The van der Waals surface area contributed by atoms with Crippen LogP contribution < -0.4 is 10.6 Å². The minimum atomic E-state index is -0.381. The fourth-order valence-electron chi connectivity index (χ4n) is 2.17. The molecular weight excluding hydrogens is 261 g/mol. The highest BCUT2D eigenvalue weighted by atomic mass is 19.1. The summed E-state index contributed by atoms with van der Waals surface area (Å²) in [6.45, 7) is 3.58. The van der Waals surface area contributed by atoms with E-state index in [-0.39, 0.29) is 11.7 Å². The summed E-state index contributed by atoms with van der Waals surface area (Å²) in [6.07, 6.45) is 0. The van der Waals surface area contributed by atoms with Gasteiger partial charge in [-0.25, -0.2) is 4.39 Å². The number of anilines is 2. The Hall–Kier alpha value is -2.15.